The van der Waals surface area contributed by atoms with Gasteiger partial charge < -0.3 is 19.3 Å². The summed E-state index contributed by atoms with van der Waals surface area (Å²) in [5.41, 5.74) is 1.08. The predicted molar refractivity (Wildman–Crippen MR) is 89.6 cm³/mol. The first-order chi connectivity index (χ1) is 10.6. The van der Waals surface area contributed by atoms with E-state index in [4.69, 9.17) is 9.47 Å². The van der Waals surface area contributed by atoms with Crippen LogP contribution >= 0.6 is 11.8 Å². The number of nitrogens with zero attached hydrogens (tertiary/aromatic N) is 2. The van der Waals surface area contributed by atoms with E-state index in [9.17, 15) is 4.79 Å². The van der Waals surface area contributed by atoms with E-state index < -0.39 is 0 Å². The lowest BCUT2D eigenvalue weighted by Gasteiger charge is -2.25. The number of thioether (sulfide) groups is 1. The number of amides is 1. The lowest BCUT2D eigenvalue weighted by molar-refractivity contribution is -0.128. The molecule has 5 nitrogen and oxygen atoms in total. The molecular weight excluding hydrogens is 300 g/mol. The Kier molecular flexibility index (Phi) is 5.97. The highest BCUT2D eigenvalue weighted by atomic mass is 32.2. The molecule has 0 bridgehead atoms. The summed E-state index contributed by atoms with van der Waals surface area (Å²) < 4.78 is 10.6. The quantitative estimate of drug-likeness (QED) is 0.769. The van der Waals surface area contributed by atoms with Gasteiger partial charge >= 0.3 is 0 Å². The molecule has 1 aliphatic heterocycles. The third-order valence-electron chi connectivity index (χ3n) is 3.67. The molecule has 122 valence electrons. The molecule has 0 N–H and O–H groups in total. The van der Waals surface area contributed by atoms with Crippen LogP contribution in [-0.4, -0.2) is 62.9 Å². The lowest BCUT2D eigenvalue weighted by Crippen LogP contribution is -2.31. The van der Waals surface area contributed by atoms with Crippen molar-refractivity contribution in [2.75, 3.05) is 47.2 Å². The molecule has 1 fully saturated rings. The second-order valence-electron chi connectivity index (χ2n) is 5.52. The number of ether oxygens (including phenoxy) is 2. The van der Waals surface area contributed by atoms with Crippen LogP contribution in [0.25, 0.3) is 0 Å². The second kappa shape index (κ2) is 7.74. The highest BCUT2D eigenvalue weighted by Crippen LogP contribution is 2.41. The Balaban J connectivity index is 2.13. The molecule has 0 unspecified atom stereocenters. The molecular formula is C16H24N2O3S. The van der Waals surface area contributed by atoms with Gasteiger partial charge in [-0.1, -0.05) is 6.07 Å². The Bertz CT molecular complexity index is 522. The summed E-state index contributed by atoms with van der Waals surface area (Å²) in [5.74, 6) is 2.16. The van der Waals surface area contributed by atoms with Gasteiger partial charge in [-0.25, -0.2) is 0 Å². The fourth-order valence-corrected chi connectivity index (χ4v) is 3.74. The van der Waals surface area contributed by atoms with E-state index in [1.54, 1.807) is 26.0 Å². The van der Waals surface area contributed by atoms with Crippen LogP contribution in [0.2, 0.25) is 0 Å². The van der Waals surface area contributed by atoms with Crippen LogP contribution < -0.4 is 9.47 Å². The highest BCUT2D eigenvalue weighted by Gasteiger charge is 2.32. The van der Waals surface area contributed by atoms with Crippen LogP contribution in [0.4, 0.5) is 0 Å². The van der Waals surface area contributed by atoms with Crippen molar-refractivity contribution >= 4 is 17.7 Å². The summed E-state index contributed by atoms with van der Waals surface area (Å²) in [6.07, 6.45) is 0.975. The van der Waals surface area contributed by atoms with E-state index in [-0.39, 0.29) is 11.3 Å². The van der Waals surface area contributed by atoms with Crippen molar-refractivity contribution < 1.29 is 14.3 Å². The van der Waals surface area contributed by atoms with Gasteiger partial charge in [0.15, 0.2) is 11.5 Å². The predicted octanol–water partition coefficient (Wildman–Crippen LogP) is 2.23. The third kappa shape index (κ3) is 3.87. The van der Waals surface area contributed by atoms with E-state index in [1.807, 2.05) is 37.2 Å². The monoisotopic (exact) mass is 324 g/mol. The number of benzene rings is 1. The van der Waals surface area contributed by atoms with Crippen LogP contribution in [0.15, 0.2) is 18.2 Å². The van der Waals surface area contributed by atoms with Crippen molar-refractivity contribution in [1.82, 2.24) is 9.80 Å². The first kappa shape index (κ1) is 17.0. The summed E-state index contributed by atoms with van der Waals surface area (Å²) in [7, 11) is 7.35. The van der Waals surface area contributed by atoms with E-state index in [0.717, 1.165) is 25.1 Å². The van der Waals surface area contributed by atoms with Crippen LogP contribution in [0.3, 0.4) is 0 Å². The number of rotatable bonds is 7. The molecule has 0 aliphatic carbocycles. The molecule has 6 heteroatoms. The van der Waals surface area contributed by atoms with E-state index in [1.165, 1.54) is 0 Å². The number of carbonyl (C=O) groups is 1. The smallest absolute Gasteiger partial charge is 0.233 e. The molecule has 0 spiro atoms. The van der Waals surface area contributed by atoms with Gasteiger partial charge in [0, 0.05) is 6.54 Å². The molecule has 1 atom stereocenters. The lowest BCUT2D eigenvalue weighted by atomic mass is 10.1. The average molecular weight is 324 g/mol. The van der Waals surface area contributed by atoms with Crippen molar-refractivity contribution in [2.45, 2.75) is 11.8 Å². The van der Waals surface area contributed by atoms with Crippen LogP contribution in [0.1, 0.15) is 17.4 Å². The average Bonchev–Trinajstić information content (AvgIpc) is 2.87. The van der Waals surface area contributed by atoms with Crippen LogP contribution in [-0.2, 0) is 4.79 Å². The summed E-state index contributed by atoms with van der Waals surface area (Å²) in [6, 6.07) is 5.88. The summed E-state index contributed by atoms with van der Waals surface area (Å²) >= 11 is 1.67. The largest absolute Gasteiger partial charge is 0.493 e. The second-order valence-corrected chi connectivity index (χ2v) is 6.59. The standard InChI is InChI=1S/C16H24N2O3S/c1-17(2)8-5-9-18-15(19)11-22-16(18)12-6-7-13(20-3)14(10-12)21-4/h6-7,10,16H,5,8-9,11H2,1-4H3/t16-/m0/s1. The van der Waals surface area contributed by atoms with Gasteiger partial charge in [-0.05, 0) is 44.8 Å². The van der Waals surface area contributed by atoms with Crippen molar-refractivity contribution in [1.29, 1.82) is 0 Å². The van der Waals surface area contributed by atoms with Gasteiger partial charge in [0.05, 0.1) is 20.0 Å². The molecule has 2 rings (SSSR count). The molecule has 0 saturated carbocycles. The van der Waals surface area contributed by atoms with E-state index in [0.29, 0.717) is 17.3 Å². The van der Waals surface area contributed by atoms with Crippen LogP contribution in [0.5, 0.6) is 11.5 Å². The SMILES string of the molecule is COc1ccc([C@@H]2SCC(=O)N2CCCN(C)C)cc1OC. The minimum Gasteiger partial charge on any atom is -0.493 e. The fourth-order valence-electron chi connectivity index (χ4n) is 2.54. The Morgan fingerprint density at radius 3 is 2.64 bits per heavy atom. The molecule has 1 saturated heterocycles. The van der Waals surface area contributed by atoms with Crippen molar-refractivity contribution in [3.05, 3.63) is 23.8 Å². The van der Waals surface area contributed by atoms with Gasteiger partial charge in [-0.3, -0.25) is 4.79 Å². The summed E-state index contributed by atoms with van der Waals surface area (Å²) in [4.78, 5) is 16.3. The van der Waals surface area contributed by atoms with Crippen molar-refractivity contribution in [3.63, 3.8) is 0 Å². The van der Waals surface area contributed by atoms with Gasteiger partial charge in [0.1, 0.15) is 5.37 Å². The van der Waals surface area contributed by atoms with E-state index in [2.05, 4.69) is 4.90 Å². The first-order valence-electron chi connectivity index (χ1n) is 7.34. The number of hydrogen-bond acceptors (Lipinski definition) is 5. The number of methoxy groups -OCH3 is 2. The van der Waals surface area contributed by atoms with Crippen molar-refractivity contribution in [2.24, 2.45) is 0 Å². The number of carbonyl (C=O) groups excluding carboxylic acids is 1. The topological polar surface area (TPSA) is 42.0 Å². The normalized spacial score (nSPS) is 18.1. The molecule has 1 aromatic carbocycles. The zero-order chi connectivity index (χ0) is 16.1. The summed E-state index contributed by atoms with van der Waals surface area (Å²) in [6.45, 7) is 1.76. The van der Waals surface area contributed by atoms with Gasteiger partial charge in [0.2, 0.25) is 5.91 Å². The Hall–Kier alpha value is -1.40. The molecule has 1 aliphatic rings. The minimum absolute atomic E-state index is 0.0643. The fraction of sp³-hybridized carbons (Fsp3) is 0.562. The van der Waals surface area contributed by atoms with Gasteiger partial charge in [0.25, 0.3) is 0 Å². The summed E-state index contributed by atoms with van der Waals surface area (Å²) in [5, 5.41) is 0.0643. The maximum atomic E-state index is 12.1. The molecule has 22 heavy (non-hydrogen) atoms. The molecule has 0 radical (unpaired) electrons. The highest BCUT2D eigenvalue weighted by molar-refractivity contribution is 8.00. The molecule has 1 amide bonds. The Labute approximate surface area is 136 Å². The zero-order valence-corrected chi connectivity index (χ0v) is 14.5. The molecule has 1 aromatic rings. The maximum absolute atomic E-state index is 12.1. The molecule has 0 aromatic heterocycles. The van der Waals surface area contributed by atoms with Crippen molar-refractivity contribution in [3.8, 4) is 11.5 Å². The first-order valence-corrected chi connectivity index (χ1v) is 8.39. The third-order valence-corrected chi connectivity index (χ3v) is 4.92. The Morgan fingerprint density at radius 1 is 1.27 bits per heavy atom. The zero-order valence-electron chi connectivity index (χ0n) is 13.7. The number of hydrogen-bond donors (Lipinski definition) is 0. The minimum atomic E-state index is 0.0643. The maximum Gasteiger partial charge on any atom is 0.233 e. The van der Waals surface area contributed by atoms with Gasteiger partial charge in [-0.15, -0.1) is 11.8 Å². The van der Waals surface area contributed by atoms with Gasteiger partial charge in [-0.2, -0.15) is 0 Å². The van der Waals surface area contributed by atoms with E-state index >= 15 is 0 Å². The molecule has 1 heterocycles. The van der Waals surface area contributed by atoms with Crippen LogP contribution in [0, 0.1) is 0 Å². The Morgan fingerprint density at radius 2 is 2.00 bits per heavy atom.